The van der Waals surface area contributed by atoms with Gasteiger partial charge in [-0.05, 0) is 70.9 Å². The summed E-state index contributed by atoms with van der Waals surface area (Å²) in [5, 5.41) is 18.0. The summed E-state index contributed by atoms with van der Waals surface area (Å²) in [6.07, 6.45) is 0. The summed E-state index contributed by atoms with van der Waals surface area (Å²) < 4.78 is 2.28. The van der Waals surface area contributed by atoms with Crippen molar-refractivity contribution in [1.29, 1.82) is 0 Å². The van der Waals surface area contributed by atoms with Gasteiger partial charge in [0.1, 0.15) is 0 Å². The Morgan fingerprint density at radius 1 is 0.484 bits per heavy atom. The Bertz CT molecular complexity index is 2540. The van der Waals surface area contributed by atoms with Gasteiger partial charge in [-0.1, -0.05) is 224 Å². The zero-order valence-electron chi connectivity index (χ0n) is 37.7. The first kappa shape index (κ1) is 47.2. The van der Waals surface area contributed by atoms with Crippen molar-refractivity contribution < 1.29 is 0 Å². The normalized spacial score (nSPS) is 11.7. The van der Waals surface area contributed by atoms with Gasteiger partial charge in [-0.3, -0.25) is 4.57 Å². The van der Waals surface area contributed by atoms with Crippen LogP contribution in [0, 0.1) is 13.8 Å². The summed E-state index contributed by atoms with van der Waals surface area (Å²) >= 11 is 12.2. The average molecular weight is 864 g/mol. The molecule has 1 aromatic heterocycles. The van der Waals surface area contributed by atoms with Gasteiger partial charge in [-0.2, -0.15) is 0 Å². The molecule has 62 heavy (non-hydrogen) atoms. The molecule has 0 radical (unpaired) electrons. The van der Waals surface area contributed by atoms with Crippen LogP contribution in [0.3, 0.4) is 0 Å². The van der Waals surface area contributed by atoms with Gasteiger partial charge in [0.05, 0.1) is 5.69 Å². The van der Waals surface area contributed by atoms with E-state index in [-0.39, 0.29) is 0 Å². The molecule has 0 unspecified atom stereocenters. The molecular weight excluding hydrogens is 804 g/mol. The van der Waals surface area contributed by atoms with Gasteiger partial charge in [0.2, 0.25) is 0 Å². The van der Waals surface area contributed by atoms with Crippen molar-refractivity contribution in [2.75, 3.05) is 5.73 Å². The minimum Gasteiger partial charge on any atom is -0.398 e. The van der Waals surface area contributed by atoms with E-state index in [4.69, 9.17) is 39.1 Å². The van der Waals surface area contributed by atoms with Gasteiger partial charge < -0.3 is 5.73 Å². The van der Waals surface area contributed by atoms with Crippen molar-refractivity contribution in [2.24, 2.45) is 10.2 Å². The number of benzene rings is 6. The van der Waals surface area contributed by atoms with Crippen LogP contribution in [0.1, 0.15) is 124 Å². The molecule has 0 amide bonds. The quantitative estimate of drug-likeness (QED) is 0.0845. The zero-order valence-corrected chi connectivity index (χ0v) is 39.2. The van der Waals surface area contributed by atoms with E-state index < -0.39 is 0 Å². The van der Waals surface area contributed by atoms with Crippen LogP contribution in [0.25, 0.3) is 28.5 Å². The number of rotatable bonds is 10. The van der Waals surface area contributed by atoms with Gasteiger partial charge in [0.15, 0.2) is 22.0 Å². The second-order valence-electron chi connectivity index (χ2n) is 16.6. The fourth-order valence-electron chi connectivity index (χ4n) is 7.23. The lowest BCUT2D eigenvalue weighted by molar-refractivity contribution is 0.807. The van der Waals surface area contributed by atoms with Crippen LogP contribution >= 0.6 is 23.2 Å². The Morgan fingerprint density at radius 3 is 1.44 bits per heavy atom. The topological polar surface area (TPSA) is 81.5 Å². The van der Waals surface area contributed by atoms with Gasteiger partial charge >= 0.3 is 0 Å². The fourth-order valence-corrected chi connectivity index (χ4v) is 7.64. The second-order valence-corrected chi connectivity index (χ2v) is 17.3. The first-order valence-corrected chi connectivity index (χ1v) is 22.1. The second kappa shape index (κ2) is 22.3. The monoisotopic (exact) mass is 862 g/mol. The average Bonchev–Trinajstić information content (AvgIpc) is 3.71. The number of anilines is 1. The number of hydrogen-bond donors (Lipinski definition) is 1. The summed E-state index contributed by atoms with van der Waals surface area (Å²) in [5.74, 6) is 3.56. The van der Waals surface area contributed by atoms with E-state index in [0.717, 1.165) is 45.2 Å². The van der Waals surface area contributed by atoms with Gasteiger partial charge in [0.25, 0.3) is 0 Å². The molecule has 8 heteroatoms. The van der Waals surface area contributed by atoms with Crippen molar-refractivity contribution >= 4 is 39.2 Å². The Balaban J connectivity index is 0.000000194. The summed E-state index contributed by atoms with van der Waals surface area (Å²) in [6, 6.07) is 48.9. The molecule has 0 saturated heterocycles. The predicted molar refractivity (Wildman–Crippen MR) is 267 cm³/mol. The summed E-state index contributed by atoms with van der Waals surface area (Å²) in [4.78, 5) is 0. The minimum atomic E-state index is 0.312. The number of para-hydroxylation sites is 2. The lowest BCUT2D eigenvalue weighted by atomic mass is 9.92. The van der Waals surface area contributed by atoms with Crippen LogP contribution in [0.5, 0.6) is 0 Å². The molecule has 0 spiro atoms. The third kappa shape index (κ3) is 11.8. The third-order valence-electron chi connectivity index (χ3n) is 10.7. The molecule has 1 heterocycles. The van der Waals surface area contributed by atoms with E-state index in [0.29, 0.717) is 34.0 Å². The highest BCUT2D eigenvalue weighted by Gasteiger charge is 2.24. The number of hydrogen-bond acceptors (Lipinski definition) is 5. The number of aryl methyl sites for hydroxylation is 2. The van der Waals surface area contributed by atoms with Gasteiger partial charge in [-0.15, -0.1) is 20.4 Å². The molecule has 7 rings (SSSR count). The number of nitrogens with zero attached hydrogens (tertiary/aromatic N) is 5. The van der Waals surface area contributed by atoms with Crippen molar-refractivity contribution in [3.8, 4) is 28.5 Å². The lowest BCUT2D eigenvalue weighted by Crippen LogP contribution is -2.10. The maximum Gasteiger partial charge on any atom is 0.169 e. The fraction of sp³-hybridized carbons (Fsp3) is 0.259. The van der Waals surface area contributed by atoms with Crippen LogP contribution in [0.2, 0.25) is 0 Å². The van der Waals surface area contributed by atoms with E-state index in [1.165, 1.54) is 33.5 Å². The highest BCUT2D eigenvalue weighted by molar-refractivity contribution is 6.71. The van der Waals surface area contributed by atoms with E-state index in [9.17, 15) is 0 Å². The molecule has 0 aliphatic carbocycles. The number of nitrogen functional groups attached to an aromatic ring is 1. The van der Waals surface area contributed by atoms with Crippen molar-refractivity contribution in [3.05, 3.63) is 190 Å². The van der Waals surface area contributed by atoms with E-state index in [1.54, 1.807) is 0 Å². The summed E-state index contributed by atoms with van der Waals surface area (Å²) in [7, 11) is 0. The van der Waals surface area contributed by atoms with Crippen molar-refractivity contribution in [2.45, 2.75) is 92.9 Å². The molecule has 0 saturated carbocycles. The maximum atomic E-state index is 6.13. The molecule has 0 aliphatic heterocycles. The van der Waals surface area contributed by atoms with E-state index in [2.05, 4.69) is 162 Å². The van der Waals surface area contributed by atoms with Crippen molar-refractivity contribution in [3.63, 3.8) is 0 Å². The van der Waals surface area contributed by atoms with Crippen LogP contribution in [0.4, 0.5) is 5.69 Å². The minimum absolute atomic E-state index is 0.312. The Kier molecular flexibility index (Phi) is 17.0. The molecule has 0 atom stereocenters. The Labute approximate surface area is 379 Å². The zero-order chi connectivity index (χ0) is 44.9. The molecule has 0 fully saturated rings. The largest absolute Gasteiger partial charge is 0.398 e. The van der Waals surface area contributed by atoms with Crippen LogP contribution in [0.15, 0.2) is 156 Å². The first-order chi connectivity index (χ1) is 29.7. The number of nitrogens with two attached hydrogens (primary N) is 1. The van der Waals surface area contributed by atoms with Crippen molar-refractivity contribution in [1.82, 2.24) is 14.8 Å². The van der Waals surface area contributed by atoms with E-state index in [1.807, 2.05) is 67.6 Å². The van der Waals surface area contributed by atoms with E-state index >= 15 is 0 Å². The van der Waals surface area contributed by atoms with Gasteiger partial charge in [-0.25, -0.2) is 0 Å². The van der Waals surface area contributed by atoms with Crippen LogP contribution in [-0.4, -0.2) is 25.1 Å². The predicted octanol–water partition coefficient (Wildman–Crippen LogP) is 15.3. The molecule has 7 aromatic rings. The molecular formula is C54H60Cl2N6. The molecule has 320 valence electrons. The Hall–Kier alpha value is -5.82. The first-order valence-electron chi connectivity index (χ1n) is 21.4. The molecule has 0 aliphatic rings. The smallest absolute Gasteiger partial charge is 0.169 e. The number of halogens is 2. The standard InChI is InChI=1S/C27H29N3.C15H12Cl2N2.C12H19N/c1-18(2)22-16-11-17-23(19(3)4)25(22)30-26(21-13-7-6-8-14-21)28-29-27(30)24-15-10-9-12-20(24)5;1-11-7-5-6-10-13(11)15(17)19-18-14(16)12-8-3-2-4-9-12;1-8(2)10-6-5-7-11(9(3)4)12(10)13/h6-19H,1-5H3;2-10H,1H3;5-9H,13H2,1-4H3/b;18-14-,19-15-;. The third-order valence-corrected chi connectivity index (χ3v) is 11.2. The SMILES string of the molecule is CC(C)c1cccc(C(C)C)c1N.Cc1ccccc1-c1nnc(-c2ccccc2)n1-c1c(C(C)C)cccc1C(C)C.Cc1ccccc1/C(Cl)=N/N=C(\Cl)c1ccccc1. The van der Waals surface area contributed by atoms with Crippen LogP contribution < -0.4 is 5.73 Å². The lowest BCUT2D eigenvalue weighted by Gasteiger charge is -2.23. The highest BCUT2D eigenvalue weighted by Crippen LogP contribution is 2.38. The molecule has 6 nitrogen and oxygen atoms in total. The molecule has 6 aromatic carbocycles. The maximum absolute atomic E-state index is 6.13. The Morgan fingerprint density at radius 2 is 0.919 bits per heavy atom. The number of aromatic nitrogens is 3. The van der Waals surface area contributed by atoms with Gasteiger partial charge in [0, 0.05) is 27.9 Å². The molecule has 0 bridgehead atoms. The summed E-state index contributed by atoms with van der Waals surface area (Å²) in [5.41, 5.74) is 19.5. The van der Waals surface area contributed by atoms with Crippen LogP contribution in [-0.2, 0) is 0 Å². The highest BCUT2D eigenvalue weighted by atomic mass is 35.5. The molecule has 2 N–H and O–H groups in total. The summed E-state index contributed by atoms with van der Waals surface area (Å²) in [6.45, 7) is 21.8.